The normalized spacial score (nSPS) is 18.7. The van der Waals surface area contributed by atoms with Crippen LogP contribution in [0.5, 0.6) is 0 Å². The molecule has 1 aromatic rings. The Kier molecular flexibility index (Phi) is 4.67. The van der Waals surface area contributed by atoms with Crippen LogP contribution >= 0.6 is 0 Å². The molecular formula is C14H21NO4S. The highest BCUT2D eigenvalue weighted by atomic mass is 32.2. The Morgan fingerprint density at radius 2 is 1.85 bits per heavy atom. The van der Waals surface area contributed by atoms with E-state index < -0.39 is 9.84 Å². The number of rotatable bonds is 5. The van der Waals surface area contributed by atoms with Crippen LogP contribution in [0.15, 0.2) is 29.2 Å². The van der Waals surface area contributed by atoms with Crippen molar-refractivity contribution in [2.45, 2.75) is 23.3 Å². The topological polar surface area (TPSA) is 64.6 Å². The molecule has 1 aromatic carbocycles. The van der Waals surface area contributed by atoms with E-state index in [9.17, 15) is 8.42 Å². The van der Waals surface area contributed by atoms with Gasteiger partial charge in [0.25, 0.3) is 0 Å². The molecular weight excluding hydrogens is 278 g/mol. The minimum Gasteiger partial charge on any atom is -0.382 e. The lowest BCUT2D eigenvalue weighted by Crippen LogP contribution is -2.44. The summed E-state index contributed by atoms with van der Waals surface area (Å²) in [6, 6.07) is 6.78. The first-order chi connectivity index (χ1) is 9.45. The van der Waals surface area contributed by atoms with E-state index in [0.29, 0.717) is 24.7 Å². The van der Waals surface area contributed by atoms with Gasteiger partial charge in [0.1, 0.15) is 0 Å². The molecule has 0 spiro atoms. The molecule has 0 saturated carbocycles. The van der Waals surface area contributed by atoms with Crippen molar-refractivity contribution in [2.24, 2.45) is 0 Å². The Morgan fingerprint density at radius 3 is 2.35 bits per heavy atom. The zero-order valence-electron chi connectivity index (χ0n) is 11.9. The van der Waals surface area contributed by atoms with Crippen LogP contribution in [-0.4, -0.2) is 47.1 Å². The molecule has 112 valence electrons. The van der Waals surface area contributed by atoms with Gasteiger partial charge in [0, 0.05) is 51.7 Å². The van der Waals surface area contributed by atoms with Crippen LogP contribution in [0.2, 0.25) is 0 Å². The maximum Gasteiger partial charge on any atom is 0.175 e. The van der Waals surface area contributed by atoms with Crippen LogP contribution in [0.1, 0.15) is 12.8 Å². The zero-order chi connectivity index (χ0) is 14.6. The van der Waals surface area contributed by atoms with Crippen LogP contribution in [0.4, 0.5) is 5.69 Å². The molecule has 0 bridgehead atoms. The second-order valence-corrected chi connectivity index (χ2v) is 7.17. The highest BCUT2D eigenvalue weighted by Crippen LogP contribution is 2.25. The van der Waals surface area contributed by atoms with Crippen LogP contribution in [0.25, 0.3) is 0 Å². The summed E-state index contributed by atoms with van der Waals surface area (Å²) in [7, 11) is -1.42. The van der Waals surface area contributed by atoms with E-state index in [-0.39, 0.29) is 5.60 Å². The number of hydrogen-bond acceptors (Lipinski definition) is 5. The number of anilines is 1. The lowest BCUT2D eigenvalue weighted by atomic mass is 9.94. The fraction of sp³-hybridized carbons (Fsp3) is 0.571. The van der Waals surface area contributed by atoms with Gasteiger partial charge in [-0.05, 0) is 24.3 Å². The molecule has 0 aromatic heterocycles. The molecule has 1 aliphatic heterocycles. The molecule has 0 unspecified atom stereocenters. The van der Waals surface area contributed by atoms with E-state index in [1.54, 1.807) is 31.4 Å². The fourth-order valence-electron chi connectivity index (χ4n) is 2.28. The first-order valence-corrected chi connectivity index (χ1v) is 8.51. The minimum absolute atomic E-state index is 0.201. The van der Waals surface area contributed by atoms with Crippen molar-refractivity contribution in [1.29, 1.82) is 0 Å². The maximum absolute atomic E-state index is 11.4. The number of hydrogen-bond donors (Lipinski definition) is 1. The average Bonchev–Trinajstić information content (AvgIpc) is 2.46. The second-order valence-electron chi connectivity index (χ2n) is 5.15. The Morgan fingerprint density at radius 1 is 1.25 bits per heavy atom. The van der Waals surface area contributed by atoms with E-state index in [0.717, 1.165) is 18.5 Å². The molecule has 0 atom stereocenters. The first kappa shape index (κ1) is 15.3. The summed E-state index contributed by atoms with van der Waals surface area (Å²) in [6.45, 7) is 2.11. The SMILES string of the molecule is COC1(CNc2ccc(S(C)(=O)=O)cc2)CCOCC1. The first-order valence-electron chi connectivity index (χ1n) is 6.62. The smallest absolute Gasteiger partial charge is 0.175 e. The molecule has 2 rings (SSSR count). The Labute approximate surface area is 120 Å². The number of benzene rings is 1. The van der Waals surface area contributed by atoms with Crippen molar-refractivity contribution in [2.75, 3.05) is 38.4 Å². The van der Waals surface area contributed by atoms with Crippen LogP contribution in [0, 0.1) is 0 Å². The molecule has 0 amide bonds. The number of ether oxygens (including phenoxy) is 2. The van der Waals surface area contributed by atoms with E-state index in [1.807, 2.05) is 0 Å². The molecule has 0 aliphatic carbocycles. The predicted octanol–water partition coefficient (Wildman–Crippen LogP) is 1.70. The van der Waals surface area contributed by atoms with Crippen LogP contribution in [0.3, 0.4) is 0 Å². The van der Waals surface area contributed by atoms with Crippen molar-refractivity contribution >= 4 is 15.5 Å². The molecule has 1 saturated heterocycles. The van der Waals surface area contributed by atoms with E-state index >= 15 is 0 Å². The molecule has 1 N–H and O–H groups in total. The van der Waals surface area contributed by atoms with Crippen molar-refractivity contribution in [1.82, 2.24) is 0 Å². The fourth-order valence-corrected chi connectivity index (χ4v) is 2.91. The summed E-state index contributed by atoms with van der Waals surface area (Å²) in [5.41, 5.74) is 0.689. The van der Waals surface area contributed by atoms with Gasteiger partial charge >= 0.3 is 0 Å². The average molecular weight is 299 g/mol. The van der Waals surface area contributed by atoms with Crippen LogP contribution < -0.4 is 5.32 Å². The minimum atomic E-state index is -3.14. The summed E-state index contributed by atoms with van der Waals surface area (Å²) >= 11 is 0. The van der Waals surface area contributed by atoms with Crippen LogP contribution in [-0.2, 0) is 19.3 Å². The summed E-state index contributed by atoms with van der Waals surface area (Å²) in [5, 5.41) is 3.31. The lowest BCUT2D eigenvalue weighted by molar-refractivity contribution is -0.0807. The third-order valence-corrected chi connectivity index (χ3v) is 4.86. The summed E-state index contributed by atoms with van der Waals surface area (Å²) in [6.07, 6.45) is 2.92. The lowest BCUT2D eigenvalue weighted by Gasteiger charge is -2.36. The maximum atomic E-state index is 11.4. The van der Waals surface area contributed by atoms with E-state index in [2.05, 4.69) is 5.32 Å². The Bertz CT molecular complexity index is 533. The van der Waals surface area contributed by atoms with Gasteiger partial charge in [-0.3, -0.25) is 0 Å². The second kappa shape index (κ2) is 6.11. The van der Waals surface area contributed by atoms with Crippen molar-refractivity contribution in [3.63, 3.8) is 0 Å². The van der Waals surface area contributed by atoms with Gasteiger partial charge in [-0.1, -0.05) is 0 Å². The van der Waals surface area contributed by atoms with Gasteiger partial charge in [0.05, 0.1) is 10.5 Å². The Hall–Kier alpha value is -1.11. The van der Waals surface area contributed by atoms with Gasteiger partial charge in [-0.2, -0.15) is 0 Å². The molecule has 1 heterocycles. The molecule has 5 nitrogen and oxygen atoms in total. The molecule has 1 aliphatic rings. The van der Waals surface area contributed by atoms with Gasteiger partial charge in [-0.15, -0.1) is 0 Å². The Balaban J connectivity index is 2.00. The monoisotopic (exact) mass is 299 g/mol. The predicted molar refractivity (Wildman–Crippen MR) is 77.8 cm³/mol. The quantitative estimate of drug-likeness (QED) is 0.896. The summed E-state index contributed by atoms with van der Waals surface area (Å²) in [5.74, 6) is 0. The third kappa shape index (κ3) is 3.71. The van der Waals surface area contributed by atoms with Crippen molar-refractivity contribution in [3.8, 4) is 0 Å². The van der Waals surface area contributed by atoms with Gasteiger partial charge < -0.3 is 14.8 Å². The van der Waals surface area contributed by atoms with E-state index in [4.69, 9.17) is 9.47 Å². The largest absolute Gasteiger partial charge is 0.382 e. The molecule has 1 fully saturated rings. The highest BCUT2D eigenvalue weighted by Gasteiger charge is 2.32. The molecule has 6 heteroatoms. The summed E-state index contributed by atoms with van der Waals surface area (Å²) in [4.78, 5) is 0.329. The van der Waals surface area contributed by atoms with Crippen molar-refractivity contribution in [3.05, 3.63) is 24.3 Å². The van der Waals surface area contributed by atoms with Crippen molar-refractivity contribution < 1.29 is 17.9 Å². The standard InChI is InChI=1S/C14H21NO4S/c1-18-14(7-9-19-10-8-14)11-15-12-3-5-13(6-4-12)20(2,16)17/h3-6,15H,7-11H2,1-2H3. The number of sulfone groups is 1. The molecule has 0 radical (unpaired) electrons. The van der Waals surface area contributed by atoms with Gasteiger partial charge in [0.2, 0.25) is 0 Å². The number of nitrogens with one attached hydrogen (secondary N) is 1. The zero-order valence-corrected chi connectivity index (χ0v) is 12.7. The third-order valence-electron chi connectivity index (χ3n) is 3.73. The van der Waals surface area contributed by atoms with E-state index in [1.165, 1.54) is 6.26 Å². The highest BCUT2D eigenvalue weighted by molar-refractivity contribution is 7.90. The molecule has 20 heavy (non-hydrogen) atoms. The summed E-state index contributed by atoms with van der Waals surface area (Å²) < 4.78 is 33.8. The van der Waals surface area contributed by atoms with Gasteiger partial charge in [0.15, 0.2) is 9.84 Å². The van der Waals surface area contributed by atoms with Gasteiger partial charge in [-0.25, -0.2) is 8.42 Å². The number of methoxy groups -OCH3 is 1.